The van der Waals surface area contributed by atoms with Gasteiger partial charge < -0.3 is 4.90 Å². The number of hydrogen-bond donors (Lipinski definition) is 0. The van der Waals surface area contributed by atoms with E-state index in [0.717, 1.165) is 22.8 Å². The molecule has 0 bridgehead atoms. The highest BCUT2D eigenvalue weighted by Crippen LogP contribution is 2.25. The van der Waals surface area contributed by atoms with Gasteiger partial charge in [-0.2, -0.15) is 0 Å². The van der Waals surface area contributed by atoms with Crippen LogP contribution in [0.25, 0.3) is 0 Å². The first kappa shape index (κ1) is 17.4. The van der Waals surface area contributed by atoms with Gasteiger partial charge in [0.2, 0.25) is 0 Å². The molecule has 0 radical (unpaired) electrons. The van der Waals surface area contributed by atoms with E-state index in [1.807, 2.05) is 6.07 Å². The van der Waals surface area contributed by atoms with Crippen LogP contribution in [0.5, 0.6) is 0 Å². The molecule has 0 fully saturated rings. The number of unbranched alkanes of at least 4 members (excludes halogenated alkanes) is 2. The lowest BCUT2D eigenvalue weighted by Crippen LogP contribution is -2.33. The van der Waals surface area contributed by atoms with E-state index in [1.54, 1.807) is 0 Å². The summed E-state index contributed by atoms with van der Waals surface area (Å²) in [5.41, 5.74) is -0.0371. The van der Waals surface area contributed by atoms with Gasteiger partial charge >= 0.3 is 0 Å². The Morgan fingerprint density at radius 3 is 2.35 bits per heavy atom. The Morgan fingerprint density at radius 1 is 1.20 bits per heavy atom. The summed E-state index contributed by atoms with van der Waals surface area (Å²) in [4.78, 5) is 11.7. The molecule has 1 aromatic rings. The third-order valence-corrected chi connectivity index (χ3v) is 3.68. The number of rotatable bonds is 6. The molecule has 0 aromatic carbocycles. The zero-order valence-corrected chi connectivity index (χ0v) is 15.3. The predicted octanol–water partition coefficient (Wildman–Crippen LogP) is 4.94. The molecule has 3 nitrogen and oxygen atoms in total. The van der Waals surface area contributed by atoms with Crippen LogP contribution in [0.3, 0.4) is 0 Å². The molecule has 0 spiro atoms. The fraction of sp³-hybridized carbons (Fsp3) is 0.750. The van der Waals surface area contributed by atoms with Gasteiger partial charge in [0.15, 0.2) is 0 Å². The molecule has 0 aliphatic rings. The Hall–Kier alpha value is -0.640. The highest BCUT2D eigenvalue weighted by atomic mass is 79.9. The fourth-order valence-corrected chi connectivity index (χ4v) is 2.43. The van der Waals surface area contributed by atoms with Gasteiger partial charge in [0.1, 0.15) is 16.2 Å². The normalized spacial score (nSPS) is 12.0. The molecule has 0 atom stereocenters. The summed E-state index contributed by atoms with van der Waals surface area (Å²) in [6, 6.07) is 2.47. The summed E-state index contributed by atoms with van der Waals surface area (Å²) in [6.07, 6.45) is 3.72. The second-order valence-electron chi connectivity index (χ2n) is 6.62. The minimum atomic E-state index is -0.0371. The van der Waals surface area contributed by atoms with Gasteiger partial charge in [-0.25, -0.2) is 9.97 Å². The van der Waals surface area contributed by atoms with Gasteiger partial charge in [0, 0.05) is 24.1 Å². The van der Waals surface area contributed by atoms with Crippen molar-refractivity contribution in [3.05, 3.63) is 16.5 Å². The van der Waals surface area contributed by atoms with Crippen molar-refractivity contribution in [1.82, 2.24) is 9.97 Å². The largest absolute Gasteiger partial charge is 0.354 e. The van der Waals surface area contributed by atoms with E-state index in [9.17, 15) is 0 Å². The van der Waals surface area contributed by atoms with Crippen LogP contribution in [-0.4, -0.2) is 22.6 Å². The van der Waals surface area contributed by atoms with Crippen molar-refractivity contribution in [3.63, 3.8) is 0 Å². The smallest absolute Gasteiger partial charge is 0.137 e. The molecule has 4 heteroatoms. The van der Waals surface area contributed by atoms with E-state index in [-0.39, 0.29) is 5.41 Å². The van der Waals surface area contributed by atoms with Crippen LogP contribution in [0, 0.1) is 0 Å². The van der Waals surface area contributed by atoms with Crippen molar-refractivity contribution >= 4 is 21.7 Å². The lowest BCUT2D eigenvalue weighted by atomic mass is 9.96. The third kappa shape index (κ3) is 5.04. The summed E-state index contributed by atoms with van der Waals surface area (Å²) in [6.45, 7) is 14.2. The molecular weight excluding hydrogens is 314 g/mol. The molecule has 1 aromatic heterocycles. The molecule has 0 saturated heterocycles. The van der Waals surface area contributed by atoms with E-state index in [1.165, 1.54) is 19.3 Å². The van der Waals surface area contributed by atoms with Crippen LogP contribution < -0.4 is 4.90 Å². The molecule has 114 valence electrons. The maximum Gasteiger partial charge on any atom is 0.137 e. The van der Waals surface area contributed by atoms with Gasteiger partial charge in [0.25, 0.3) is 0 Å². The Bertz CT molecular complexity index is 424. The Labute approximate surface area is 132 Å². The second-order valence-corrected chi connectivity index (χ2v) is 7.43. The van der Waals surface area contributed by atoms with Crippen LogP contribution in [0.4, 0.5) is 5.82 Å². The van der Waals surface area contributed by atoms with Crippen LogP contribution in [0.2, 0.25) is 0 Å². The number of aromatic nitrogens is 2. The minimum absolute atomic E-state index is 0.0371. The first-order valence-corrected chi connectivity index (χ1v) is 8.36. The summed E-state index contributed by atoms with van der Waals surface area (Å²) >= 11 is 3.53. The first-order valence-electron chi connectivity index (χ1n) is 7.57. The zero-order chi connectivity index (χ0) is 15.3. The lowest BCUT2D eigenvalue weighted by Gasteiger charge is -2.29. The topological polar surface area (TPSA) is 29.0 Å². The summed E-state index contributed by atoms with van der Waals surface area (Å²) in [5.74, 6) is 1.92. The molecule has 1 heterocycles. The van der Waals surface area contributed by atoms with Crippen LogP contribution in [0.15, 0.2) is 10.7 Å². The molecule has 0 N–H and O–H groups in total. The lowest BCUT2D eigenvalue weighted by molar-refractivity contribution is 0.538. The quantitative estimate of drug-likeness (QED) is 0.541. The van der Waals surface area contributed by atoms with E-state index >= 15 is 0 Å². The number of anilines is 1. The van der Waals surface area contributed by atoms with Crippen molar-refractivity contribution in [2.45, 2.75) is 72.3 Å². The summed E-state index contributed by atoms with van der Waals surface area (Å²) in [5, 5.41) is 0. The van der Waals surface area contributed by atoms with E-state index in [2.05, 4.69) is 67.4 Å². The monoisotopic (exact) mass is 341 g/mol. The van der Waals surface area contributed by atoms with Gasteiger partial charge in [-0.15, -0.1) is 0 Å². The van der Waals surface area contributed by atoms with Crippen molar-refractivity contribution in [2.75, 3.05) is 11.4 Å². The number of halogens is 1. The fourth-order valence-electron chi connectivity index (χ4n) is 2.06. The molecular formula is C16H28BrN3. The molecule has 20 heavy (non-hydrogen) atoms. The van der Waals surface area contributed by atoms with E-state index in [4.69, 9.17) is 4.98 Å². The van der Waals surface area contributed by atoms with Gasteiger partial charge in [-0.05, 0) is 36.2 Å². The maximum atomic E-state index is 4.79. The molecule has 0 saturated carbocycles. The first-order chi connectivity index (χ1) is 9.25. The molecule has 0 aliphatic heterocycles. The van der Waals surface area contributed by atoms with Crippen LogP contribution in [0.1, 0.15) is 66.6 Å². The highest BCUT2D eigenvalue weighted by Gasteiger charge is 2.21. The SMILES string of the molecule is CCCCCN(c1cc(Br)nc(C(C)(C)C)n1)C(C)C. The van der Waals surface area contributed by atoms with Crippen molar-refractivity contribution in [1.29, 1.82) is 0 Å². The van der Waals surface area contributed by atoms with Gasteiger partial charge in [0.05, 0.1) is 0 Å². The molecule has 0 amide bonds. The van der Waals surface area contributed by atoms with Crippen LogP contribution in [-0.2, 0) is 5.41 Å². The zero-order valence-electron chi connectivity index (χ0n) is 13.7. The molecule has 0 aliphatic carbocycles. The number of hydrogen-bond acceptors (Lipinski definition) is 3. The average Bonchev–Trinajstić information content (AvgIpc) is 2.32. The Balaban J connectivity index is 3.04. The third-order valence-electron chi connectivity index (χ3n) is 3.27. The second kappa shape index (κ2) is 7.39. The predicted molar refractivity (Wildman–Crippen MR) is 90.4 cm³/mol. The van der Waals surface area contributed by atoms with Crippen molar-refractivity contribution in [2.24, 2.45) is 0 Å². The van der Waals surface area contributed by atoms with Crippen molar-refractivity contribution in [3.8, 4) is 0 Å². The van der Waals surface area contributed by atoms with Gasteiger partial charge in [-0.3, -0.25) is 0 Å². The van der Waals surface area contributed by atoms with E-state index in [0.29, 0.717) is 6.04 Å². The van der Waals surface area contributed by atoms with E-state index < -0.39 is 0 Å². The van der Waals surface area contributed by atoms with Crippen molar-refractivity contribution < 1.29 is 0 Å². The summed E-state index contributed by atoms with van der Waals surface area (Å²) < 4.78 is 0.869. The molecule has 1 rings (SSSR count). The van der Waals surface area contributed by atoms with Crippen LogP contribution >= 0.6 is 15.9 Å². The maximum absolute atomic E-state index is 4.79. The van der Waals surface area contributed by atoms with Gasteiger partial charge in [-0.1, -0.05) is 40.5 Å². The highest BCUT2D eigenvalue weighted by molar-refractivity contribution is 9.10. The Kier molecular flexibility index (Phi) is 6.44. The Morgan fingerprint density at radius 2 is 1.85 bits per heavy atom. The number of nitrogens with zero attached hydrogens (tertiary/aromatic N) is 3. The average molecular weight is 342 g/mol. The summed E-state index contributed by atoms with van der Waals surface area (Å²) in [7, 11) is 0. The standard InChI is InChI=1S/C16H28BrN3/c1-7-8-9-10-20(12(2)3)14-11-13(17)18-15(19-14)16(4,5)6/h11-12H,7-10H2,1-6H3. The minimum Gasteiger partial charge on any atom is -0.354 e. The molecule has 0 unspecified atom stereocenters.